The lowest BCUT2D eigenvalue weighted by molar-refractivity contribution is 0.317. The number of benzene rings is 1. The predicted molar refractivity (Wildman–Crippen MR) is 67.3 cm³/mol. The second kappa shape index (κ2) is 4.86. The highest BCUT2D eigenvalue weighted by Gasteiger charge is 2.24. The molecule has 0 aromatic heterocycles. The summed E-state index contributed by atoms with van der Waals surface area (Å²) in [7, 11) is 5.00. The number of hydrogen-bond donors (Lipinski definition) is 0. The van der Waals surface area contributed by atoms with Crippen LogP contribution in [0.15, 0.2) is 6.07 Å². The van der Waals surface area contributed by atoms with Gasteiger partial charge in [0.15, 0.2) is 11.5 Å². The minimum absolute atomic E-state index is 0.703. The van der Waals surface area contributed by atoms with Crippen LogP contribution in [-0.4, -0.2) is 21.3 Å². The highest BCUT2D eigenvalue weighted by atomic mass is 16.5. The lowest BCUT2D eigenvalue weighted by Crippen LogP contribution is -2.13. The predicted octanol–water partition coefficient (Wildman–Crippen LogP) is 2.84. The summed E-state index contributed by atoms with van der Waals surface area (Å²) < 4.78 is 16.3. The fourth-order valence-corrected chi connectivity index (χ4v) is 2.57. The molecule has 17 heavy (non-hydrogen) atoms. The van der Waals surface area contributed by atoms with E-state index in [1.807, 2.05) is 0 Å². The van der Waals surface area contributed by atoms with Gasteiger partial charge in [-0.3, -0.25) is 0 Å². The molecule has 1 aromatic carbocycles. The SMILES string of the molecule is COc1cc2c(c(OC)c1OC)CC(C)CC2. The number of fused-ring (bicyclic) bond motifs is 1. The molecule has 1 aromatic rings. The van der Waals surface area contributed by atoms with E-state index in [0.29, 0.717) is 11.7 Å². The molecular formula is C14H20O3. The van der Waals surface area contributed by atoms with Crippen LogP contribution in [0.1, 0.15) is 24.5 Å². The van der Waals surface area contributed by atoms with Gasteiger partial charge >= 0.3 is 0 Å². The van der Waals surface area contributed by atoms with Gasteiger partial charge in [0.05, 0.1) is 21.3 Å². The molecule has 1 aliphatic rings. The largest absolute Gasteiger partial charge is 0.493 e. The molecule has 0 heterocycles. The Bertz CT molecular complexity index is 412. The van der Waals surface area contributed by atoms with E-state index in [4.69, 9.17) is 14.2 Å². The second-order valence-electron chi connectivity index (χ2n) is 4.63. The van der Waals surface area contributed by atoms with E-state index >= 15 is 0 Å². The zero-order chi connectivity index (χ0) is 12.4. The van der Waals surface area contributed by atoms with Crippen molar-refractivity contribution in [2.24, 2.45) is 5.92 Å². The molecule has 1 unspecified atom stereocenters. The van der Waals surface area contributed by atoms with Crippen molar-refractivity contribution in [2.75, 3.05) is 21.3 Å². The van der Waals surface area contributed by atoms with Gasteiger partial charge in [0, 0.05) is 5.56 Å². The molecule has 0 saturated carbocycles. The molecule has 0 N–H and O–H groups in total. The van der Waals surface area contributed by atoms with E-state index in [1.165, 1.54) is 17.5 Å². The maximum Gasteiger partial charge on any atom is 0.203 e. The first-order valence-corrected chi connectivity index (χ1v) is 6.02. The van der Waals surface area contributed by atoms with Crippen molar-refractivity contribution in [2.45, 2.75) is 26.2 Å². The standard InChI is InChI=1S/C14H20O3/c1-9-5-6-10-8-12(15-2)14(17-4)13(16-3)11(10)7-9/h8-9H,5-7H2,1-4H3. The monoisotopic (exact) mass is 236 g/mol. The third kappa shape index (κ3) is 2.06. The quantitative estimate of drug-likeness (QED) is 0.807. The van der Waals surface area contributed by atoms with Gasteiger partial charge in [0.1, 0.15) is 0 Å². The summed E-state index contributed by atoms with van der Waals surface area (Å²) >= 11 is 0. The summed E-state index contributed by atoms with van der Waals surface area (Å²) in [6, 6.07) is 2.09. The summed E-state index contributed by atoms with van der Waals surface area (Å²) in [4.78, 5) is 0. The van der Waals surface area contributed by atoms with Gasteiger partial charge in [-0.2, -0.15) is 0 Å². The van der Waals surface area contributed by atoms with Crippen molar-refractivity contribution in [3.8, 4) is 17.2 Å². The van der Waals surface area contributed by atoms with Crippen LogP contribution in [0.5, 0.6) is 17.2 Å². The van der Waals surface area contributed by atoms with E-state index in [9.17, 15) is 0 Å². The number of methoxy groups -OCH3 is 3. The van der Waals surface area contributed by atoms with Crippen molar-refractivity contribution in [3.63, 3.8) is 0 Å². The molecule has 2 rings (SSSR count). The molecule has 0 saturated heterocycles. The maximum absolute atomic E-state index is 5.52. The third-order valence-electron chi connectivity index (χ3n) is 3.48. The summed E-state index contributed by atoms with van der Waals surface area (Å²) in [5, 5.41) is 0. The smallest absolute Gasteiger partial charge is 0.203 e. The first-order chi connectivity index (χ1) is 8.21. The fraction of sp³-hybridized carbons (Fsp3) is 0.571. The Labute approximate surface area is 103 Å². The average molecular weight is 236 g/mol. The highest BCUT2D eigenvalue weighted by molar-refractivity contribution is 5.59. The van der Waals surface area contributed by atoms with Crippen molar-refractivity contribution in [1.82, 2.24) is 0 Å². The molecule has 0 fully saturated rings. The van der Waals surface area contributed by atoms with Crippen molar-refractivity contribution >= 4 is 0 Å². The second-order valence-corrected chi connectivity index (χ2v) is 4.63. The summed E-state index contributed by atoms with van der Waals surface area (Å²) in [5.74, 6) is 3.02. The Kier molecular flexibility index (Phi) is 3.46. The van der Waals surface area contributed by atoms with Crippen molar-refractivity contribution < 1.29 is 14.2 Å². The number of hydrogen-bond acceptors (Lipinski definition) is 3. The van der Waals surface area contributed by atoms with Gasteiger partial charge in [-0.1, -0.05) is 6.92 Å². The zero-order valence-corrected chi connectivity index (χ0v) is 11.0. The van der Waals surface area contributed by atoms with Crippen molar-refractivity contribution in [1.29, 1.82) is 0 Å². The van der Waals surface area contributed by atoms with Gasteiger partial charge < -0.3 is 14.2 Å². The maximum atomic E-state index is 5.52. The fourth-order valence-electron chi connectivity index (χ4n) is 2.57. The lowest BCUT2D eigenvalue weighted by atomic mass is 9.84. The van der Waals surface area contributed by atoms with Gasteiger partial charge in [0.25, 0.3) is 0 Å². The third-order valence-corrected chi connectivity index (χ3v) is 3.48. The summed E-state index contributed by atoms with van der Waals surface area (Å²) in [6.45, 7) is 2.28. The van der Waals surface area contributed by atoms with Crippen LogP contribution < -0.4 is 14.2 Å². The van der Waals surface area contributed by atoms with Crippen LogP contribution >= 0.6 is 0 Å². The Morgan fingerprint density at radius 2 is 1.76 bits per heavy atom. The Hall–Kier alpha value is -1.38. The molecule has 0 amide bonds. The first-order valence-electron chi connectivity index (χ1n) is 6.02. The van der Waals surface area contributed by atoms with Gasteiger partial charge in [-0.15, -0.1) is 0 Å². The van der Waals surface area contributed by atoms with E-state index in [0.717, 1.165) is 24.3 Å². The molecular weight excluding hydrogens is 216 g/mol. The summed E-state index contributed by atoms with van der Waals surface area (Å²) in [6.07, 6.45) is 3.37. The number of rotatable bonds is 3. The number of ether oxygens (including phenoxy) is 3. The topological polar surface area (TPSA) is 27.7 Å². The van der Waals surface area contributed by atoms with Crippen LogP contribution in [0.4, 0.5) is 0 Å². The van der Waals surface area contributed by atoms with Gasteiger partial charge in [-0.25, -0.2) is 0 Å². The van der Waals surface area contributed by atoms with E-state index in [1.54, 1.807) is 21.3 Å². The lowest BCUT2D eigenvalue weighted by Gasteiger charge is -2.25. The molecule has 0 radical (unpaired) electrons. The molecule has 3 nitrogen and oxygen atoms in total. The van der Waals surface area contributed by atoms with Gasteiger partial charge in [0.2, 0.25) is 5.75 Å². The van der Waals surface area contributed by atoms with Crippen LogP contribution in [0, 0.1) is 5.92 Å². The minimum Gasteiger partial charge on any atom is -0.493 e. The molecule has 3 heteroatoms. The van der Waals surface area contributed by atoms with Crippen LogP contribution in [0.2, 0.25) is 0 Å². The number of aryl methyl sites for hydroxylation is 1. The summed E-state index contributed by atoms with van der Waals surface area (Å²) in [5.41, 5.74) is 2.61. The molecule has 1 aliphatic carbocycles. The van der Waals surface area contributed by atoms with Crippen molar-refractivity contribution in [3.05, 3.63) is 17.2 Å². The minimum atomic E-state index is 0.703. The highest BCUT2D eigenvalue weighted by Crippen LogP contribution is 2.45. The van der Waals surface area contributed by atoms with E-state index < -0.39 is 0 Å². The van der Waals surface area contributed by atoms with Crippen LogP contribution in [0.25, 0.3) is 0 Å². The Morgan fingerprint density at radius 3 is 2.35 bits per heavy atom. The molecule has 0 aliphatic heterocycles. The average Bonchev–Trinajstić information content (AvgIpc) is 2.36. The molecule has 94 valence electrons. The van der Waals surface area contributed by atoms with E-state index in [-0.39, 0.29) is 0 Å². The molecule has 0 spiro atoms. The van der Waals surface area contributed by atoms with E-state index in [2.05, 4.69) is 13.0 Å². The normalized spacial score (nSPS) is 18.5. The molecule has 1 atom stereocenters. The first kappa shape index (κ1) is 12.1. The van der Waals surface area contributed by atoms with Crippen LogP contribution in [-0.2, 0) is 12.8 Å². The van der Waals surface area contributed by atoms with Crippen LogP contribution in [0.3, 0.4) is 0 Å². The Balaban J connectivity index is 2.58. The van der Waals surface area contributed by atoms with Gasteiger partial charge in [-0.05, 0) is 36.8 Å². The Morgan fingerprint density at radius 1 is 1.06 bits per heavy atom. The molecule has 0 bridgehead atoms. The zero-order valence-electron chi connectivity index (χ0n) is 11.0.